The fourth-order valence-corrected chi connectivity index (χ4v) is 5.13. The summed E-state index contributed by atoms with van der Waals surface area (Å²) in [6, 6.07) is 13.0. The van der Waals surface area contributed by atoms with E-state index in [0.29, 0.717) is 0 Å². The van der Waals surface area contributed by atoms with Crippen molar-refractivity contribution in [2.24, 2.45) is 0 Å². The van der Waals surface area contributed by atoms with Gasteiger partial charge < -0.3 is 4.74 Å². The summed E-state index contributed by atoms with van der Waals surface area (Å²) in [6.07, 6.45) is 0. The maximum atomic E-state index is 5.53. The predicted molar refractivity (Wildman–Crippen MR) is 76.9 cm³/mol. The summed E-state index contributed by atoms with van der Waals surface area (Å²) in [5.41, 5.74) is 0. The highest BCUT2D eigenvalue weighted by Crippen LogP contribution is 2.24. The third kappa shape index (κ3) is 2.34. The van der Waals surface area contributed by atoms with Gasteiger partial charge in [0.15, 0.2) is 0 Å². The molecule has 0 N–H and O–H groups in total. The average molecular weight is 242 g/mol. The second kappa shape index (κ2) is 5.58. The van der Waals surface area contributed by atoms with E-state index in [-0.39, 0.29) is 0 Å². The van der Waals surface area contributed by atoms with Crippen LogP contribution in [0.2, 0.25) is 10.6 Å². The van der Waals surface area contributed by atoms with Gasteiger partial charge in [0.1, 0.15) is 5.75 Å². The smallest absolute Gasteiger partial charge is 0.306 e. The van der Waals surface area contributed by atoms with Gasteiger partial charge in [-0.3, -0.25) is 0 Å². The van der Waals surface area contributed by atoms with Crippen LogP contribution in [0, 0.1) is 0 Å². The van der Waals surface area contributed by atoms with Gasteiger partial charge in [-0.25, -0.2) is 0 Å². The largest absolute Gasteiger partial charge is 0.496 e. The Morgan fingerprint density at radius 2 is 1.65 bits per heavy atom. The molecule has 88 valence electrons. The van der Waals surface area contributed by atoms with E-state index < -0.39 is 14.1 Å². The molecule has 0 aliphatic heterocycles. The molecule has 0 unspecified atom stereocenters. The number of fused-ring (bicyclic) bond motifs is 1. The predicted octanol–water partition coefficient (Wildman–Crippen LogP) is 3.59. The molecule has 2 heteroatoms. The molecular weight excluding hydrogens is 223 g/mol. The van der Waals surface area contributed by atoms with E-state index in [0.717, 1.165) is 5.75 Å². The van der Waals surface area contributed by atoms with E-state index >= 15 is 0 Å². The normalized spacial score (nSPS) is 10.5. The maximum absolute atomic E-state index is 5.53. The molecule has 1 nitrogen and oxygen atoms in total. The summed E-state index contributed by atoms with van der Waals surface area (Å²) < 4.78 is 7.09. The van der Waals surface area contributed by atoms with Gasteiger partial charge in [-0.2, -0.15) is 0 Å². The molecule has 0 saturated carbocycles. The Morgan fingerprint density at radius 3 is 2.24 bits per heavy atom. The van der Waals surface area contributed by atoms with E-state index in [1.165, 1.54) is 21.3 Å². The summed E-state index contributed by atoms with van der Waals surface area (Å²) in [5, 5.41) is 5.28. The topological polar surface area (TPSA) is 9.23 Å². The molecule has 0 saturated heterocycles. The van der Waals surface area contributed by atoms with Crippen molar-refractivity contribution in [3.05, 3.63) is 36.4 Å². The molecule has 0 heterocycles. The summed E-state index contributed by atoms with van der Waals surface area (Å²) >= 11 is -0.823. The van der Waals surface area contributed by atoms with Crippen LogP contribution in [0.3, 0.4) is 0 Å². The van der Waals surface area contributed by atoms with Crippen molar-refractivity contribution in [1.29, 1.82) is 0 Å². The molecule has 0 bridgehead atoms. The second-order valence-electron chi connectivity index (χ2n) is 4.42. The monoisotopic (exact) mass is 242 g/mol. The lowest BCUT2D eigenvalue weighted by atomic mass is 10.1. The van der Waals surface area contributed by atoms with Crippen molar-refractivity contribution < 1.29 is 4.74 Å². The first kappa shape index (κ1) is 12.5. The molecule has 0 atom stereocenters. The van der Waals surface area contributed by atoms with Crippen LogP contribution < -0.4 is 9.16 Å². The summed E-state index contributed by atoms with van der Waals surface area (Å²) in [4.78, 5) is 0. The number of methoxy groups -OCH3 is 1. The lowest BCUT2D eigenvalue weighted by Gasteiger charge is -2.14. The molecule has 0 amide bonds. The van der Waals surface area contributed by atoms with E-state index in [4.69, 9.17) is 4.74 Å². The van der Waals surface area contributed by atoms with Crippen molar-refractivity contribution in [3.63, 3.8) is 0 Å². The van der Waals surface area contributed by atoms with Crippen LogP contribution in [-0.2, 0) is 0 Å². The minimum Gasteiger partial charge on any atom is -0.496 e. The zero-order valence-corrected chi connectivity index (χ0v) is 12.0. The highest BCUT2D eigenvalue weighted by atomic mass is 27.2. The van der Waals surface area contributed by atoms with Crippen LogP contribution in [0.4, 0.5) is 0 Å². The average Bonchev–Trinajstić information content (AvgIpc) is 2.39. The quantitative estimate of drug-likeness (QED) is 0.744. The minimum atomic E-state index is -0.823. The fourth-order valence-electron chi connectivity index (χ4n) is 2.57. The van der Waals surface area contributed by atoms with Crippen molar-refractivity contribution >= 4 is 29.3 Å². The summed E-state index contributed by atoms with van der Waals surface area (Å²) in [5.74, 6) is 1.03. The molecule has 2 aromatic carbocycles. The Balaban J connectivity index is 2.70. The Bertz CT molecular complexity index is 498. The Kier molecular flexibility index (Phi) is 4.10. The van der Waals surface area contributed by atoms with Gasteiger partial charge >= 0.3 is 14.1 Å². The van der Waals surface area contributed by atoms with E-state index in [1.807, 2.05) is 0 Å². The van der Waals surface area contributed by atoms with Gasteiger partial charge in [-0.05, 0) is 11.5 Å². The molecule has 0 spiro atoms. The number of hydrogen-bond donors (Lipinski definition) is 0. The third-order valence-corrected chi connectivity index (χ3v) is 6.88. The van der Waals surface area contributed by atoms with Gasteiger partial charge in [0.05, 0.1) is 7.11 Å². The van der Waals surface area contributed by atoms with E-state index in [1.54, 1.807) is 11.5 Å². The molecule has 0 fully saturated rings. The van der Waals surface area contributed by atoms with Gasteiger partial charge in [0.2, 0.25) is 0 Å². The molecule has 17 heavy (non-hydrogen) atoms. The summed E-state index contributed by atoms with van der Waals surface area (Å²) in [7, 11) is 1.76. The van der Waals surface area contributed by atoms with Gasteiger partial charge in [0, 0.05) is 5.39 Å². The lowest BCUT2D eigenvalue weighted by molar-refractivity contribution is 0.420. The molecule has 0 radical (unpaired) electrons. The number of ether oxygens (including phenoxy) is 1. The van der Waals surface area contributed by atoms with Crippen molar-refractivity contribution in [3.8, 4) is 5.75 Å². The molecule has 0 aliphatic rings. The highest BCUT2D eigenvalue weighted by Gasteiger charge is 2.18. The molecular formula is C15H19AlO. The Hall–Kier alpha value is -0.968. The number of hydrogen-bond acceptors (Lipinski definition) is 1. The Morgan fingerprint density at radius 1 is 1.00 bits per heavy atom. The zero-order valence-electron chi connectivity index (χ0n) is 10.9. The first-order valence-electron chi connectivity index (χ1n) is 6.37. The second-order valence-corrected chi connectivity index (χ2v) is 8.07. The van der Waals surface area contributed by atoms with Crippen molar-refractivity contribution in [2.75, 3.05) is 7.11 Å². The molecule has 2 aromatic rings. The van der Waals surface area contributed by atoms with Crippen LogP contribution >= 0.6 is 0 Å². The van der Waals surface area contributed by atoms with Gasteiger partial charge in [-0.1, -0.05) is 59.2 Å². The SMILES string of the molecule is C[CH2][Al]([CH2]C)[c]1cccc2cccc(OC)c12. The molecule has 2 rings (SSSR count). The number of benzene rings is 2. The third-order valence-electron chi connectivity index (χ3n) is 3.54. The van der Waals surface area contributed by atoms with E-state index in [2.05, 4.69) is 50.2 Å². The van der Waals surface area contributed by atoms with Crippen molar-refractivity contribution in [2.45, 2.75) is 24.4 Å². The maximum Gasteiger partial charge on any atom is 0.306 e. The van der Waals surface area contributed by atoms with Crippen LogP contribution in [-0.4, -0.2) is 21.3 Å². The van der Waals surface area contributed by atoms with Crippen molar-refractivity contribution in [1.82, 2.24) is 0 Å². The molecule has 0 aliphatic carbocycles. The first-order chi connectivity index (χ1) is 8.31. The van der Waals surface area contributed by atoms with Crippen LogP contribution in [0.15, 0.2) is 36.4 Å². The minimum absolute atomic E-state index is 0.823. The van der Waals surface area contributed by atoms with E-state index in [9.17, 15) is 0 Å². The molecule has 0 aromatic heterocycles. The van der Waals surface area contributed by atoms with Crippen LogP contribution in [0.1, 0.15) is 13.8 Å². The highest BCUT2D eigenvalue weighted by molar-refractivity contribution is 6.75. The van der Waals surface area contributed by atoms with Gasteiger partial charge in [-0.15, -0.1) is 0 Å². The van der Waals surface area contributed by atoms with Crippen LogP contribution in [0.25, 0.3) is 10.8 Å². The van der Waals surface area contributed by atoms with Crippen LogP contribution in [0.5, 0.6) is 5.75 Å². The standard InChI is InChI=1S/C11H9O.2C2H5.Al/c1-12-11-8-4-6-9-5-2-3-7-10(9)11;2*1-2;/h2-6,8H,1H3;2*1H2,2H3;. The van der Waals surface area contributed by atoms with Gasteiger partial charge in [0.25, 0.3) is 0 Å². The lowest BCUT2D eigenvalue weighted by Crippen LogP contribution is -2.28. The fraction of sp³-hybridized carbons (Fsp3) is 0.333. The summed E-state index contributed by atoms with van der Waals surface area (Å²) in [6.45, 7) is 4.63. The zero-order chi connectivity index (χ0) is 12.3. The first-order valence-corrected chi connectivity index (χ1v) is 8.58. The number of rotatable bonds is 4. The Labute approximate surface area is 108 Å².